The number of hydrogen-bond donors (Lipinski definition) is 0. The molecule has 4 amide bonds. The van der Waals surface area contributed by atoms with Crippen LogP contribution in [0.4, 0.5) is 26.7 Å². The van der Waals surface area contributed by atoms with Gasteiger partial charge in [0.1, 0.15) is 0 Å². The Morgan fingerprint density at radius 2 is 1.14 bits per heavy atom. The predicted octanol–water partition coefficient (Wildman–Crippen LogP) is 1.69. The zero-order chi connectivity index (χ0) is 16.8. The van der Waals surface area contributed by atoms with Crippen LogP contribution in [0.1, 0.15) is 12.5 Å². The van der Waals surface area contributed by atoms with Crippen molar-refractivity contribution < 1.29 is 36.3 Å². The van der Waals surface area contributed by atoms with Gasteiger partial charge in [0.05, 0.1) is 6.54 Å². The lowest BCUT2D eigenvalue weighted by Crippen LogP contribution is -2.33. The van der Waals surface area contributed by atoms with Crippen molar-refractivity contribution in [3.63, 3.8) is 0 Å². The number of likely N-dealkylation sites (N-methyl/N-ethyl adjacent to an activating group) is 1. The van der Waals surface area contributed by atoms with E-state index in [4.69, 9.17) is 0 Å². The number of carbonyl (C=O) groups excluding carboxylic acids is 3. The van der Waals surface area contributed by atoms with Crippen LogP contribution in [0.25, 0.3) is 0 Å². The molecule has 1 aliphatic heterocycles. The molecule has 1 fully saturated rings. The molecule has 1 aromatic rings. The third-order valence-corrected chi connectivity index (χ3v) is 3.07. The van der Waals surface area contributed by atoms with Gasteiger partial charge in [-0.15, -0.1) is 0 Å². The highest BCUT2D eigenvalue weighted by molar-refractivity contribution is 6.44. The van der Waals surface area contributed by atoms with Gasteiger partial charge in [0.2, 0.25) is 5.82 Å². The van der Waals surface area contributed by atoms with Gasteiger partial charge in [-0.3, -0.25) is 19.4 Å². The van der Waals surface area contributed by atoms with E-state index >= 15 is 0 Å². The highest BCUT2D eigenvalue weighted by atomic mass is 19.2. The Bertz CT molecular complexity index is 677. The lowest BCUT2D eigenvalue weighted by Gasteiger charge is -2.15. The Balaban J connectivity index is 2.47. The summed E-state index contributed by atoms with van der Waals surface area (Å²) in [5.74, 6) is -13.7. The molecule has 1 heterocycles. The maximum atomic E-state index is 13.5. The van der Waals surface area contributed by atoms with Crippen LogP contribution >= 0.6 is 0 Å². The minimum absolute atomic E-state index is 0.115. The first kappa shape index (κ1) is 15.9. The second-order valence-corrected chi connectivity index (χ2v) is 4.27. The number of rotatable bonds is 3. The van der Waals surface area contributed by atoms with E-state index in [9.17, 15) is 36.3 Å². The fraction of sp³-hybridized carbons (Fsp3) is 0.250. The summed E-state index contributed by atoms with van der Waals surface area (Å²) in [7, 11) is 0. The Hall–Kier alpha value is -2.52. The summed E-state index contributed by atoms with van der Waals surface area (Å²) >= 11 is 0. The molecule has 0 N–H and O–H groups in total. The number of benzene rings is 1. The van der Waals surface area contributed by atoms with Gasteiger partial charge in [-0.1, -0.05) is 0 Å². The fourth-order valence-corrected chi connectivity index (χ4v) is 1.92. The van der Waals surface area contributed by atoms with Crippen molar-refractivity contribution in [1.29, 1.82) is 0 Å². The van der Waals surface area contributed by atoms with Crippen LogP contribution < -0.4 is 0 Å². The van der Waals surface area contributed by atoms with Gasteiger partial charge >= 0.3 is 17.8 Å². The molecule has 0 unspecified atom stereocenters. The highest BCUT2D eigenvalue weighted by Crippen LogP contribution is 2.25. The second kappa shape index (κ2) is 5.35. The molecule has 0 aliphatic carbocycles. The standard InChI is InChI=1S/C12H7F5N2O3/c1-2-18-10(20)11(21)19(12(18)22)3-4-5(13)7(15)9(17)8(16)6(4)14/h2-3H2,1H3. The third-order valence-electron chi connectivity index (χ3n) is 3.07. The molecule has 22 heavy (non-hydrogen) atoms. The van der Waals surface area contributed by atoms with E-state index in [1.54, 1.807) is 0 Å². The van der Waals surface area contributed by atoms with E-state index in [1.165, 1.54) is 6.92 Å². The number of hydrogen-bond acceptors (Lipinski definition) is 3. The van der Waals surface area contributed by atoms with Crippen LogP contribution in [-0.2, 0) is 16.1 Å². The Morgan fingerprint density at radius 3 is 1.55 bits per heavy atom. The van der Waals surface area contributed by atoms with E-state index in [1.807, 2.05) is 0 Å². The van der Waals surface area contributed by atoms with Crippen LogP contribution in [-0.4, -0.2) is 34.2 Å². The Kier molecular flexibility index (Phi) is 3.86. The van der Waals surface area contributed by atoms with Gasteiger partial charge in [-0.2, -0.15) is 0 Å². The maximum Gasteiger partial charge on any atom is 0.334 e. The second-order valence-electron chi connectivity index (χ2n) is 4.27. The molecule has 0 bridgehead atoms. The number of urea groups is 1. The summed E-state index contributed by atoms with van der Waals surface area (Å²) in [4.78, 5) is 35.3. The van der Waals surface area contributed by atoms with Crippen LogP contribution in [0.15, 0.2) is 0 Å². The summed E-state index contributed by atoms with van der Waals surface area (Å²) in [5.41, 5.74) is -1.37. The minimum Gasteiger partial charge on any atom is -0.263 e. The quantitative estimate of drug-likeness (QED) is 0.280. The van der Waals surface area contributed by atoms with Crippen molar-refractivity contribution in [2.75, 3.05) is 6.54 Å². The Morgan fingerprint density at radius 1 is 0.727 bits per heavy atom. The largest absolute Gasteiger partial charge is 0.334 e. The minimum atomic E-state index is -2.36. The predicted molar refractivity (Wildman–Crippen MR) is 59.6 cm³/mol. The van der Waals surface area contributed by atoms with E-state index in [0.717, 1.165) is 0 Å². The average Bonchev–Trinajstić information content (AvgIpc) is 2.70. The van der Waals surface area contributed by atoms with Crippen molar-refractivity contribution in [2.24, 2.45) is 0 Å². The van der Waals surface area contributed by atoms with Gasteiger partial charge in [-0.05, 0) is 6.92 Å². The molecule has 0 spiro atoms. The molecule has 0 aromatic heterocycles. The zero-order valence-electron chi connectivity index (χ0n) is 10.9. The monoisotopic (exact) mass is 322 g/mol. The number of carbonyl (C=O) groups is 3. The molecule has 1 saturated heterocycles. The van der Waals surface area contributed by atoms with Gasteiger partial charge in [0, 0.05) is 12.1 Å². The summed E-state index contributed by atoms with van der Waals surface area (Å²) in [6.45, 7) is -0.0618. The molecule has 0 radical (unpaired) electrons. The van der Waals surface area contributed by atoms with Crippen molar-refractivity contribution in [2.45, 2.75) is 13.5 Å². The van der Waals surface area contributed by atoms with Crippen molar-refractivity contribution in [1.82, 2.24) is 9.80 Å². The Labute approximate surface area is 119 Å². The van der Waals surface area contributed by atoms with E-state index in [2.05, 4.69) is 0 Å². The zero-order valence-corrected chi connectivity index (χ0v) is 10.9. The summed E-state index contributed by atoms with van der Waals surface area (Å²) in [5, 5.41) is 0. The number of imide groups is 2. The lowest BCUT2D eigenvalue weighted by molar-refractivity contribution is -0.143. The van der Waals surface area contributed by atoms with Crippen molar-refractivity contribution >= 4 is 17.8 Å². The van der Waals surface area contributed by atoms with Crippen molar-refractivity contribution in [3.05, 3.63) is 34.6 Å². The summed E-state index contributed by atoms with van der Waals surface area (Å²) < 4.78 is 66.1. The smallest absolute Gasteiger partial charge is 0.263 e. The van der Waals surface area contributed by atoms with Gasteiger partial charge < -0.3 is 0 Å². The fourth-order valence-electron chi connectivity index (χ4n) is 1.92. The van der Waals surface area contributed by atoms with Gasteiger partial charge in [0.15, 0.2) is 23.3 Å². The topological polar surface area (TPSA) is 57.7 Å². The van der Waals surface area contributed by atoms with Crippen LogP contribution in [0.2, 0.25) is 0 Å². The first-order valence-electron chi connectivity index (χ1n) is 5.89. The summed E-state index contributed by atoms with van der Waals surface area (Å²) in [6.07, 6.45) is 0. The third kappa shape index (κ3) is 2.11. The molecule has 2 rings (SSSR count). The maximum absolute atomic E-state index is 13.5. The molecule has 10 heteroatoms. The molecule has 118 valence electrons. The van der Waals surface area contributed by atoms with Crippen molar-refractivity contribution in [3.8, 4) is 0 Å². The first-order chi connectivity index (χ1) is 10.2. The van der Waals surface area contributed by atoms with Crippen LogP contribution in [0, 0.1) is 29.1 Å². The first-order valence-corrected chi connectivity index (χ1v) is 5.89. The molecule has 0 atom stereocenters. The van der Waals surface area contributed by atoms with E-state index in [0.29, 0.717) is 4.90 Å². The molecule has 1 aromatic carbocycles. The highest BCUT2D eigenvalue weighted by Gasteiger charge is 2.44. The normalized spacial score (nSPS) is 15.3. The summed E-state index contributed by atoms with van der Waals surface area (Å²) in [6, 6.07) is -1.19. The van der Waals surface area contributed by atoms with Crippen LogP contribution in [0.3, 0.4) is 0 Å². The number of nitrogens with zero attached hydrogens (tertiary/aromatic N) is 2. The molecular formula is C12H7F5N2O3. The number of amides is 4. The van der Waals surface area contributed by atoms with Gasteiger partial charge in [0.25, 0.3) is 0 Å². The molecule has 0 saturated carbocycles. The average molecular weight is 322 g/mol. The SMILES string of the molecule is CCN1C(=O)C(=O)N(Cc2c(F)c(F)c(F)c(F)c2F)C1=O. The molecular weight excluding hydrogens is 315 g/mol. The molecule has 5 nitrogen and oxygen atoms in total. The van der Waals surface area contributed by atoms with E-state index in [-0.39, 0.29) is 11.4 Å². The van der Waals surface area contributed by atoms with Crippen LogP contribution in [0.5, 0.6) is 0 Å². The lowest BCUT2D eigenvalue weighted by atomic mass is 10.1. The van der Waals surface area contributed by atoms with E-state index < -0.39 is 59.0 Å². The molecule has 1 aliphatic rings. The van der Waals surface area contributed by atoms with Gasteiger partial charge in [-0.25, -0.2) is 26.7 Å². The number of halogens is 5.